The molecule has 2 atom stereocenters. The molecule has 0 amide bonds. The van der Waals surface area contributed by atoms with Crippen LogP contribution in [0.5, 0.6) is 0 Å². The number of hydrogen-bond acceptors (Lipinski definition) is 4. The first kappa shape index (κ1) is 49.5. The fourth-order valence-electron chi connectivity index (χ4n) is 8.32. The fourth-order valence-corrected chi connectivity index (χ4v) is 8.32. The Kier molecular flexibility index (Phi) is 18.6. The minimum absolute atomic E-state index is 0.105. The molecule has 2 aliphatic rings. The molecular weight excluding hydrogens is 757 g/mol. The number of carbonyl (C=O) groups is 2. The summed E-state index contributed by atoms with van der Waals surface area (Å²) in [7, 11) is 0. The van der Waals surface area contributed by atoms with Gasteiger partial charge in [0.15, 0.2) is 11.6 Å². The molecule has 0 aliphatic heterocycles. The number of nitrogens with one attached hydrogen (secondary N) is 2. The molecule has 4 nitrogen and oxygen atoms in total. The summed E-state index contributed by atoms with van der Waals surface area (Å²) in [6.45, 7) is 27.1. The average Bonchev–Trinajstić information content (AvgIpc) is 3.21. The Morgan fingerprint density at radius 1 is 0.516 bits per heavy atom. The van der Waals surface area contributed by atoms with E-state index in [0.717, 1.165) is 83.4 Å². The molecule has 0 spiro atoms. The summed E-state index contributed by atoms with van der Waals surface area (Å²) in [5, 5.41) is 7.09. The van der Waals surface area contributed by atoms with Crippen LogP contribution in [0.25, 0.3) is 0 Å². The zero-order valence-electron chi connectivity index (χ0n) is 39.9. The van der Waals surface area contributed by atoms with Crippen molar-refractivity contribution >= 4 is 11.6 Å². The summed E-state index contributed by atoms with van der Waals surface area (Å²) >= 11 is 0. The summed E-state index contributed by atoms with van der Waals surface area (Å²) in [5.41, 5.74) is 13.4. The smallest absolute Gasteiger partial charge is 0.175 e. The first-order valence-corrected chi connectivity index (χ1v) is 22.5. The lowest BCUT2D eigenvalue weighted by Crippen LogP contribution is -2.45. The van der Waals surface area contributed by atoms with Gasteiger partial charge >= 0.3 is 0 Å². The molecule has 2 unspecified atom stereocenters. The van der Waals surface area contributed by atoms with Gasteiger partial charge in [-0.2, -0.15) is 0 Å². The Morgan fingerprint density at radius 3 is 1.19 bits per heavy atom. The van der Waals surface area contributed by atoms with Crippen molar-refractivity contribution in [3.05, 3.63) is 200 Å². The lowest BCUT2D eigenvalue weighted by atomic mass is 9.70. The monoisotopic (exact) mass is 831 g/mol. The van der Waals surface area contributed by atoms with Gasteiger partial charge < -0.3 is 10.6 Å². The summed E-state index contributed by atoms with van der Waals surface area (Å²) in [4.78, 5) is 26.7. The first-order valence-electron chi connectivity index (χ1n) is 22.5. The molecule has 0 bridgehead atoms. The molecule has 2 aromatic rings. The van der Waals surface area contributed by atoms with Crippen LogP contribution in [0.3, 0.4) is 0 Å². The number of carbonyl (C=O) groups excluding carboxylic acids is 2. The van der Waals surface area contributed by atoms with Gasteiger partial charge in [0, 0.05) is 0 Å². The molecule has 2 aliphatic carbocycles. The second-order valence-electron chi connectivity index (χ2n) is 18.9. The molecule has 0 fully saturated rings. The number of rotatable bonds is 18. The molecule has 4 rings (SSSR count). The molecule has 4 heteroatoms. The maximum absolute atomic E-state index is 13.4. The third kappa shape index (κ3) is 15.3. The van der Waals surface area contributed by atoms with Gasteiger partial charge in [-0.1, -0.05) is 195 Å². The van der Waals surface area contributed by atoms with Crippen LogP contribution in [0.1, 0.15) is 104 Å². The van der Waals surface area contributed by atoms with Crippen LogP contribution in [0.4, 0.5) is 0 Å². The molecule has 0 aromatic heterocycles. The van der Waals surface area contributed by atoms with E-state index in [-0.39, 0.29) is 34.5 Å². The molecule has 62 heavy (non-hydrogen) atoms. The van der Waals surface area contributed by atoms with Crippen molar-refractivity contribution in [2.24, 2.45) is 10.8 Å². The van der Waals surface area contributed by atoms with Gasteiger partial charge in [-0.15, -0.1) is 0 Å². The van der Waals surface area contributed by atoms with Crippen LogP contribution in [0.15, 0.2) is 178 Å². The van der Waals surface area contributed by atoms with E-state index < -0.39 is 0 Å². The number of benzene rings is 2. The Balaban J connectivity index is 1.24. The SMILES string of the molecule is CC1=C(/C=C/C(C)=C/C=C/C(C)=C/C=C/C=C(C)/C=C/C=C(C)/C=C/C2=C(C)C(=O)C(NCCc3ccc(C)cc3)CC2(C)C)C(C)(C)CC(NCCc2ccc(C)cc2)C1=O. The minimum Gasteiger partial charge on any atom is -0.307 e. The van der Waals surface area contributed by atoms with Gasteiger partial charge in [0.05, 0.1) is 12.1 Å². The fraction of sp³-hybridized carbons (Fsp3) is 0.379. The lowest BCUT2D eigenvalue weighted by molar-refractivity contribution is -0.119. The van der Waals surface area contributed by atoms with Crippen molar-refractivity contribution in [2.45, 2.75) is 121 Å². The highest BCUT2D eigenvalue weighted by Gasteiger charge is 2.38. The molecule has 2 aromatic carbocycles. The molecule has 0 radical (unpaired) electrons. The largest absolute Gasteiger partial charge is 0.307 e. The first-order chi connectivity index (χ1) is 29.4. The van der Waals surface area contributed by atoms with Gasteiger partial charge in [-0.25, -0.2) is 0 Å². The predicted molar refractivity (Wildman–Crippen MR) is 266 cm³/mol. The van der Waals surface area contributed by atoms with Gasteiger partial charge in [0.25, 0.3) is 0 Å². The Bertz CT molecular complexity index is 2070. The maximum atomic E-state index is 13.4. The summed E-state index contributed by atoms with van der Waals surface area (Å²) in [6.07, 6.45) is 32.8. The highest BCUT2D eigenvalue weighted by Crippen LogP contribution is 2.41. The second-order valence-corrected chi connectivity index (χ2v) is 18.9. The Labute approximate surface area is 375 Å². The predicted octanol–water partition coefficient (Wildman–Crippen LogP) is 13.2. The number of hydrogen-bond donors (Lipinski definition) is 2. The van der Waals surface area contributed by atoms with E-state index in [1.54, 1.807) is 0 Å². The van der Waals surface area contributed by atoms with E-state index in [0.29, 0.717) is 0 Å². The average molecular weight is 831 g/mol. The van der Waals surface area contributed by atoms with E-state index >= 15 is 0 Å². The van der Waals surface area contributed by atoms with E-state index in [1.807, 2.05) is 13.8 Å². The number of Topliss-reactive ketones (excluding diaryl/α,β-unsaturated/α-hetero) is 2. The third-order valence-corrected chi connectivity index (χ3v) is 12.2. The lowest BCUT2D eigenvalue weighted by Gasteiger charge is -2.37. The number of aryl methyl sites for hydroxylation is 2. The third-order valence-electron chi connectivity index (χ3n) is 12.2. The summed E-state index contributed by atoms with van der Waals surface area (Å²) in [6, 6.07) is 16.9. The van der Waals surface area contributed by atoms with Crippen LogP contribution < -0.4 is 10.6 Å². The van der Waals surface area contributed by atoms with Crippen molar-refractivity contribution in [3.8, 4) is 0 Å². The molecule has 0 saturated carbocycles. The van der Waals surface area contributed by atoms with E-state index in [4.69, 9.17) is 0 Å². The highest BCUT2D eigenvalue weighted by atomic mass is 16.1. The van der Waals surface area contributed by atoms with E-state index in [2.05, 4.69) is 213 Å². The molecule has 0 saturated heterocycles. The van der Waals surface area contributed by atoms with Crippen molar-refractivity contribution in [1.29, 1.82) is 0 Å². The molecular formula is C58H74N2O2. The van der Waals surface area contributed by atoms with E-state index in [1.165, 1.54) is 22.3 Å². The zero-order chi connectivity index (χ0) is 45.5. The number of ketones is 2. The zero-order valence-corrected chi connectivity index (χ0v) is 39.9. The maximum Gasteiger partial charge on any atom is 0.175 e. The normalized spacial score (nSPS) is 20.8. The van der Waals surface area contributed by atoms with Crippen LogP contribution >= 0.6 is 0 Å². The highest BCUT2D eigenvalue weighted by molar-refractivity contribution is 6.02. The molecule has 328 valence electrons. The Hall–Kier alpha value is -5.16. The van der Waals surface area contributed by atoms with Gasteiger partial charge in [0.1, 0.15) is 0 Å². The van der Waals surface area contributed by atoms with Gasteiger partial charge in [0.2, 0.25) is 0 Å². The van der Waals surface area contributed by atoms with E-state index in [9.17, 15) is 9.59 Å². The molecule has 0 heterocycles. The number of allylic oxidation sites excluding steroid dienone is 20. The van der Waals surface area contributed by atoms with Crippen molar-refractivity contribution in [2.75, 3.05) is 13.1 Å². The summed E-state index contributed by atoms with van der Waals surface area (Å²) in [5.74, 6) is 0.415. The Morgan fingerprint density at radius 2 is 0.839 bits per heavy atom. The van der Waals surface area contributed by atoms with Crippen molar-refractivity contribution in [3.63, 3.8) is 0 Å². The van der Waals surface area contributed by atoms with Crippen LogP contribution in [0, 0.1) is 24.7 Å². The second kappa shape index (κ2) is 23.3. The van der Waals surface area contributed by atoms with Crippen molar-refractivity contribution in [1.82, 2.24) is 10.6 Å². The summed E-state index contributed by atoms with van der Waals surface area (Å²) < 4.78 is 0. The topological polar surface area (TPSA) is 58.2 Å². The van der Waals surface area contributed by atoms with Crippen molar-refractivity contribution < 1.29 is 9.59 Å². The minimum atomic E-state index is -0.151. The quantitative estimate of drug-likeness (QED) is 0.147. The van der Waals surface area contributed by atoms with Crippen LogP contribution in [-0.2, 0) is 22.4 Å². The van der Waals surface area contributed by atoms with Crippen LogP contribution in [0.2, 0.25) is 0 Å². The van der Waals surface area contributed by atoms with Gasteiger partial charge in [-0.05, 0) is 138 Å². The molecule has 2 N–H and O–H groups in total. The van der Waals surface area contributed by atoms with Gasteiger partial charge in [-0.3, -0.25) is 9.59 Å². The van der Waals surface area contributed by atoms with Crippen LogP contribution in [-0.4, -0.2) is 36.7 Å². The standard InChI is InChI=1S/C58H74N2O2/c1-41(19-15-21-43(3)27-33-51-47(7)55(61)53(39-57(51,9)10)59-37-35-49-29-23-45(5)24-30-49)17-13-14-18-42(2)20-16-22-44(4)28-34-52-48(8)56(62)54(40-58(52,11)12)60-38-36-50-31-25-46(6)26-32-50/h13-34,53-54,59-60H,35-40H2,1-12H3/b14-13+,19-15+,20-16+,33-27+,34-28+,41-17+,42-18+,43-21+,44-22+.